The maximum atomic E-state index is 13.1. The van der Waals surface area contributed by atoms with Gasteiger partial charge in [-0.1, -0.05) is 6.07 Å². The summed E-state index contributed by atoms with van der Waals surface area (Å²) in [5.41, 5.74) is 0.0404. The Morgan fingerprint density at radius 1 is 1.40 bits per heavy atom. The third-order valence-electron chi connectivity index (χ3n) is 2.64. The van der Waals surface area contributed by atoms with Gasteiger partial charge in [0, 0.05) is 11.9 Å². The van der Waals surface area contributed by atoms with E-state index < -0.39 is 21.8 Å². The lowest BCUT2D eigenvalue weighted by atomic mass is 10.2. The van der Waals surface area contributed by atoms with Crippen molar-refractivity contribution >= 4 is 21.7 Å². The number of aromatic amines is 1. The molecule has 2 rings (SSSR count). The van der Waals surface area contributed by atoms with Crippen LogP contribution < -0.4 is 4.72 Å². The van der Waals surface area contributed by atoms with Crippen molar-refractivity contribution in [3.63, 3.8) is 0 Å². The van der Waals surface area contributed by atoms with Crippen LogP contribution in [0, 0.1) is 12.7 Å². The number of carboxylic acids is 1. The van der Waals surface area contributed by atoms with Crippen molar-refractivity contribution in [1.82, 2.24) is 4.98 Å². The van der Waals surface area contributed by atoms with Crippen LogP contribution in [0.2, 0.25) is 0 Å². The third-order valence-corrected chi connectivity index (χ3v) is 4.01. The highest BCUT2D eigenvalue weighted by Gasteiger charge is 2.21. The van der Waals surface area contributed by atoms with Gasteiger partial charge in [0.2, 0.25) is 0 Å². The van der Waals surface area contributed by atoms with Gasteiger partial charge in [0.1, 0.15) is 11.4 Å². The Morgan fingerprint density at radius 3 is 2.70 bits per heavy atom. The van der Waals surface area contributed by atoms with Crippen LogP contribution in [0.3, 0.4) is 0 Å². The Bertz CT molecular complexity index is 768. The second kappa shape index (κ2) is 4.97. The lowest BCUT2D eigenvalue weighted by molar-refractivity contribution is 0.0697. The van der Waals surface area contributed by atoms with E-state index in [4.69, 9.17) is 5.11 Å². The first-order valence-corrected chi connectivity index (χ1v) is 6.99. The summed E-state index contributed by atoms with van der Waals surface area (Å²) in [5, 5.41) is 9.03. The predicted molar refractivity (Wildman–Crippen MR) is 69.7 cm³/mol. The number of aromatic carboxylic acids is 1. The molecule has 0 amide bonds. The molecule has 3 N–H and O–H groups in total. The van der Waals surface area contributed by atoms with E-state index in [-0.39, 0.29) is 16.1 Å². The SMILES string of the molecule is Cc1[nH]cc(NS(=O)(=O)c2cccc(F)c2)c1C(=O)O. The van der Waals surface area contributed by atoms with Crippen molar-refractivity contribution < 1.29 is 22.7 Å². The number of halogens is 1. The van der Waals surface area contributed by atoms with E-state index in [0.717, 1.165) is 12.1 Å². The minimum Gasteiger partial charge on any atom is -0.478 e. The average molecular weight is 298 g/mol. The zero-order valence-electron chi connectivity index (χ0n) is 10.3. The van der Waals surface area contributed by atoms with Gasteiger partial charge in [-0.15, -0.1) is 0 Å². The van der Waals surface area contributed by atoms with Crippen LogP contribution in [-0.4, -0.2) is 24.5 Å². The molecule has 1 aromatic carbocycles. The van der Waals surface area contributed by atoms with Gasteiger partial charge < -0.3 is 10.1 Å². The zero-order valence-corrected chi connectivity index (χ0v) is 11.2. The summed E-state index contributed by atoms with van der Waals surface area (Å²) in [5.74, 6) is -1.96. The van der Waals surface area contributed by atoms with E-state index in [1.54, 1.807) is 0 Å². The number of anilines is 1. The normalized spacial score (nSPS) is 11.3. The molecule has 0 saturated heterocycles. The molecule has 0 fully saturated rings. The number of aromatic nitrogens is 1. The fraction of sp³-hybridized carbons (Fsp3) is 0.0833. The van der Waals surface area contributed by atoms with Gasteiger partial charge in [0.05, 0.1) is 10.6 Å². The Kier molecular flexibility index (Phi) is 3.49. The molecular formula is C12H11FN2O4S. The minimum atomic E-state index is -4.05. The molecular weight excluding hydrogens is 287 g/mol. The molecule has 0 spiro atoms. The second-order valence-electron chi connectivity index (χ2n) is 4.07. The van der Waals surface area contributed by atoms with E-state index in [0.29, 0.717) is 5.69 Å². The first kappa shape index (κ1) is 14.1. The number of rotatable bonds is 4. The van der Waals surface area contributed by atoms with Crippen molar-refractivity contribution in [3.05, 3.63) is 47.5 Å². The van der Waals surface area contributed by atoms with Gasteiger partial charge in [-0.3, -0.25) is 4.72 Å². The number of H-pyrrole nitrogens is 1. The molecule has 20 heavy (non-hydrogen) atoms. The molecule has 0 atom stereocenters. The predicted octanol–water partition coefficient (Wildman–Crippen LogP) is 1.96. The Hall–Kier alpha value is -2.35. The van der Waals surface area contributed by atoms with Crippen molar-refractivity contribution in [2.75, 3.05) is 4.72 Å². The van der Waals surface area contributed by atoms with Crippen molar-refractivity contribution in [2.24, 2.45) is 0 Å². The Balaban J connectivity index is 2.41. The van der Waals surface area contributed by atoms with Crippen LogP contribution in [0.5, 0.6) is 0 Å². The molecule has 8 heteroatoms. The van der Waals surface area contributed by atoms with Crippen molar-refractivity contribution in [1.29, 1.82) is 0 Å². The number of carbonyl (C=O) groups is 1. The van der Waals surface area contributed by atoms with Crippen LogP contribution in [0.15, 0.2) is 35.4 Å². The van der Waals surface area contributed by atoms with Crippen molar-refractivity contribution in [2.45, 2.75) is 11.8 Å². The summed E-state index contributed by atoms with van der Waals surface area (Å²) >= 11 is 0. The van der Waals surface area contributed by atoms with E-state index in [1.165, 1.54) is 25.3 Å². The number of nitrogens with one attached hydrogen (secondary N) is 2. The molecule has 0 unspecified atom stereocenters. The van der Waals surface area contributed by atoms with Gasteiger partial charge in [0.25, 0.3) is 10.0 Å². The molecule has 0 aliphatic rings. The molecule has 0 radical (unpaired) electrons. The minimum absolute atomic E-state index is 0.0979. The molecule has 1 heterocycles. The first-order chi connectivity index (χ1) is 9.31. The van der Waals surface area contributed by atoms with Gasteiger partial charge in [-0.05, 0) is 25.1 Å². The number of carboxylic acid groups (broad SMARTS) is 1. The second-order valence-corrected chi connectivity index (χ2v) is 5.75. The zero-order chi connectivity index (χ0) is 14.9. The largest absolute Gasteiger partial charge is 0.478 e. The molecule has 0 bridgehead atoms. The fourth-order valence-corrected chi connectivity index (χ4v) is 2.81. The highest BCUT2D eigenvalue weighted by Crippen LogP contribution is 2.23. The van der Waals surface area contributed by atoms with E-state index in [1.807, 2.05) is 0 Å². The van der Waals surface area contributed by atoms with Gasteiger partial charge >= 0.3 is 5.97 Å². The van der Waals surface area contributed by atoms with Gasteiger partial charge in [-0.2, -0.15) is 0 Å². The third kappa shape index (κ3) is 2.64. The summed E-state index contributed by atoms with van der Waals surface area (Å²) < 4.78 is 39.3. The highest BCUT2D eigenvalue weighted by molar-refractivity contribution is 7.92. The molecule has 2 aromatic rings. The van der Waals surface area contributed by atoms with Crippen LogP contribution in [0.1, 0.15) is 16.1 Å². The topological polar surface area (TPSA) is 99.3 Å². The lowest BCUT2D eigenvalue weighted by Gasteiger charge is -2.07. The standard InChI is InChI=1S/C12H11FN2O4S/c1-7-11(12(16)17)10(6-14-7)15-20(18,19)9-4-2-3-8(13)5-9/h2-6,14-15H,1H3,(H,16,17). The molecule has 6 nitrogen and oxygen atoms in total. The maximum absolute atomic E-state index is 13.1. The van der Waals surface area contributed by atoms with Crippen LogP contribution >= 0.6 is 0 Å². The fourth-order valence-electron chi connectivity index (χ4n) is 1.72. The summed E-state index contributed by atoms with van der Waals surface area (Å²) in [4.78, 5) is 13.4. The monoisotopic (exact) mass is 298 g/mol. The van der Waals surface area contributed by atoms with E-state index in [9.17, 15) is 17.6 Å². The van der Waals surface area contributed by atoms with Crippen LogP contribution in [0.4, 0.5) is 10.1 Å². The van der Waals surface area contributed by atoms with Gasteiger partial charge in [-0.25, -0.2) is 17.6 Å². The summed E-state index contributed by atoms with van der Waals surface area (Å²) in [7, 11) is -4.05. The summed E-state index contributed by atoms with van der Waals surface area (Å²) in [6, 6.07) is 4.43. The van der Waals surface area contributed by atoms with Crippen LogP contribution in [-0.2, 0) is 10.0 Å². The molecule has 1 aromatic heterocycles. The number of aryl methyl sites for hydroxylation is 1. The first-order valence-electron chi connectivity index (χ1n) is 5.51. The van der Waals surface area contributed by atoms with Gasteiger partial charge in [0.15, 0.2) is 0 Å². The highest BCUT2D eigenvalue weighted by atomic mass is 32.2. The molecule has 0 saturated carbocycles. The maximum Gasteiger partial charge on any atom is 0.339 e. The van der Waals surface area contributed by atoms with E-state index in [2.05, 4.69) is 9.71 Å². The molecule has 106 valence electrons. The molecule has 0 aliphatic heterocycles. The summed E-state index contributed by atoms with van der Waals surface area (Å²) in [6.45, 7) is 1.50. The lowest BCUT2D eigenvalue weighted by Crippen LogP contribution is -2.15. The quantitative estimate of drug-likeness (QED) is 0.803. The smallest absolute Gasteiger partial charge is 0.339 e. The summed E-state index contributed by atoms with van der Waals surface area (Å²) in [6.07, 6.45) is 1.23. The average Bonchev–Trinajstić information content (AvgIpc) is 2.69. The number of hydrogen-bond donors (Lipinski definition) is 3. The number of sulfonamides is 1. The number of hydrogen-bond acceptors (Lipinski definition) is 3. The van der Waals surface area contributed by atoms with Crippen LogP contribution in [0.25, 0.3) is 0 Å². The number of benzene rings is 1. The van der Waals surface area contributed by atoms with E-state index >= 15 is 0 Å². The Morgan fingerprint density at radius 2 is 2.10 bits per heavy atom. The molecule has 0 aliphatic carbocycles. The van der Waals surface area contributed by atoms with Crippen molar-refractivity contribution in [3.8, 4) is 0 Å². The Labute approximate surface area is 114 Å².